The van der Waals surface area contributed by atoms with Crippen LogP contribution in [0.15, 0.2) is 36.4 Å². The molecule has 0 unspecified atom stereocenters. The van der Waals surface area contributed by atoms with E-state index in [0.717, 1.165) is 11.3 Å². The van der Waals surface area contributed by atoms with Gasteiger partial charge < -0.3 is 4.57 Å². The molecule has 0 saturated heterocycles. The van der Waals surface area contributed by atoms with Crippen LogP contribution in [0.3, 0.4) is 0 Å². The lowest BCUT2D eigenvalue weighted by molar-refractivity contribution is 0.957. The molecular weight excluding hydrogens is 232 g/mol. The third-order valence-electron chi connectivity index (χ3n) is 3.96. The fourth-order valence-corrected chi connectivity index (χ4v) is 2.59. The molecule has 2 heteroatoms. The Bertz CT molecular complexity index is 766. The Morgan fingerprint density at radius 3 is 2.32 bits per heavy atom. The van der Waals surface area contributed by atoms with Gasteiger partial charge in [0.2, 0.25) is 0 Å². The average Bonchev–Trinajstić information content (AvgIpc) is 2.72. The quantitative estimate of drug-likeness (QED) is 0.634. The molecule has 0 atom stereocenters. The number of rotatable bonds is 1. The summed E-state index contributed by atoms with van der Waals surface area (Å²) in [7, 11) is 2.09. The minimum atomic E-state index is 1.05. The van der Waals surface area contributed by atoms with Crippen LogP contribution in [-0.2, 0) is 7.05 Å². The maximum Gasteiger partial charge on any atom is 0.141 e. The van der Waals surface area contributed by atoms with Crippen molar-refractivity contribution in [3.05, 3.63) is 53.1 Å². The number of imidazole rings is 1. The molecule has 1 heterocycles. The molecule has 0 radical (unpaired) electrons. The Balaban J connectivity index is 2.35. The van der Waals surface area contributed by atoms with Gasteiger partial charge in [0.1, 0.15) is 5.82 Å². The van der Waals surface area contributed by atoms with E-state index in [1.54, 1.807) is 0 Å². The van der Waals surface area contributed by atoms with Crippen LogP contribution in [0.1, 0.15) is 16.7 Å². The lowest BCUT2D eigenvalue weighted by Gasteiger charge is -2.08. The molecule has 96 valence electrons. The van der Waals surface area contributed by atoms with E-state index in [9.17, 15) is 0 Å². The Labute approximate surface area is 113 Å². The molecule has 0 aliphatic rings. The van der Waals surface area contributed by atoms with Crippen molar-refractivity contribution in [3.8, 4) is 11.4 Å². The Morgan fingerprint density at radius 2 is 1.58 bits per heavy atom. The van der Waals surface area contributed by atoms with E-state index in [2.05, 4.69) is 68.8 Å². The zero-order valence-corrected chi connectivity index (χ0v) is 11.9. The predicted molar refractivity (Wildman–Crippen MR) is 80.4 cm³/mol. The van der Waals surface area contributed by atoms with Crippen LogP contribution < -0.4 is 0 Å². The van der Waals surface area contributed by atoms with Gasteiger partial charge >= 0.3 is 0 Å². The van der Waals surface area contributed by atoms with Crippen molar-refractivity contribution < 1.29 is 0 Å². The first-order valence-electron chi connectivity index (χ1n) is 6.58. The monoisotopic (exact) mass is 250 g/mol. The summed E-state index contributed by atoms with van der Waals surface area (Å²) >= 11 is 0. The van der Waals surface area contributed by atoms with Gasteiger partial charge in [-0.05, 0) is 43.5 Å². The lowest BCUT2D eigenvalue weighted by atomic mass is 10.0. The third-order valence-corrected chi connectivity index (χ3v) is 3.96. The SMILES string of the molecule is Cc1cccc(-c2nc3c(C)cccc3n2C)c1C. The van der Waals surface area contributed by atoms with E-state index in [0.29, 0.717) is 0 Å². The summed E-state index contributed by atoms with van der Waals surface area (Å²) in [6.07, 6.45) is 0. The molecule has 0 N–H and O–H groups in total. The van der Waals surface area contributed by atoms with Gasteiger partial charge in [0, 0.05) is 12.6 Å². The average molecular weight is 250 g/mol. The van der Waals surface area contributed by atoms with Crippen molar-refractivity contribution in [2.45, 2.75) is 20.8 Å². The smallest absolute Gasteiger partial charge is 0.141 e. The van der Waals surface area contributed by atoms with Crippen LogP contribution >= 0.6 is 0 Å². The second-order valence-electron chi connectivity index (χ2n) is 5.18. The highest BCUT2D eigenvalue weighted by molar-refractivity contribution is 5.83. The number of nitrogens with zero attached hydrogens (tertiary/aromatic N) is 2. The molecule has 0 aliphatic carbocycles. The van der Waals surface area contributed by atoms with E-state index < -0.39 is 0 Å². The summed E-state index contributed by atoms with van der Waals surface area (Å²) in [6, 6.07) is 12.7. The van der Waals surface area contributed by atoms with E-state index in [1.807, 2.05) is 0 Å². The summed E-state index contributed by atoms with van der Waals surface area (Å²) in [6.45, 7) is 6.42. The minimum Gasteiger partial charge on any atom is -0.327 e. The van der Waals surface area contributed by atoms with Gasteiger partial charge in [-0.3, -0.25) is 0 Å². The van der Waals surface area contributed by atoms with Gasteiger partial charge in [0.15, 0.2) is 0 Å². The first kappa shape index (κ1) is 12.0. The minimum absolute atomic E-state index is 1.05. The number of benzene rings is 2. The zero-order valence-electron chi connectivity index (χ0n) is 11.9. The summed E-state index contributed by atoms with van der Waals surface area (Å²) in [5, 5.41) is 0. The van der Waals surface area contributed by atoms with E-state index in [-0.39, 0.29) is 0 Å². The van der Waals surface area contributed by atoms with Gasteiger partial charge in [0.25, 0.3) is 0 Å². The molecule has 1 aromatic heterocycles. The van der Waals surface area contributed by atoms with Crippen molar-refractivity contribution in [3.63, 3.8) is 0 Å². The highest BCUT2D eigenvalue weighted by atomic mass is 15.1. The Morgan fingerprint density at radius 1 is 0.895 bits per heavy atom. The number of fused-ring (bicyclic) bond motifs is 1. The van der Waals surface area contributed by atoms with Crippen LogP contribution in [0.4, 0.5) is 0 Å². The van der Waals surface area contributed by atoms with Gasteiger partial charge in [-0.1, -0.05) is 30.3 Å². The van der Waals surface area contributed by atoms with Crippen molar-refractivity contribution in [1.82, 2.24) is 9.55 Å². The van der Waals surface area contributed by atoms with Crippen LogP contribution in [0.2, 0.25) is 0 Å². The third kappa shape index (κ3) is 1.75. The normalized spacial score (nSPS) is 11.2. The van der Waals surface area contributed by atoms with Crippen LogP contribution in [0.25, 0.3) is 22.4 Å². The Hall–Kier alpha value is -2.09. The number of aromatic nitrogens is 2. The topological polar surface area (TPSA) is 17.8 Å². The molecule has 3 rings (SSSR count). The number of para-hydroxylation sites is 1. The molecular formula is C17H18N2. The predicted octanol–water partition coefficient (Wildman–Crippen LogP) is 4.17. The van der Waals surface area contributed by atoms with Crippen LogP contribution in [0, 0.1) is 20.8 Å². The molecule has 2 nitrogen and oxygen atoms in total. The second-order valence-corrected chi connectivity index (χ2v) is 5.18. The summed E-state index contributed by atoms with van der Waals surface area (Å²) < 4.78 is 2.18. The van der Waals surface area contributed by atoms with E-state index in [1.165, 1.54) is 27.8 Å². The van der Waals surface area contributed by atoms with Crippen molar-refractivity contribution in [1.29, 1.82) is 0 Å². The van der Waals surface area contributed by atoms with Crippen molar-refractivity contribution >= 4 is 11.0 Å². The zero-order chi connectivity index (χ0) is 13.6. The first-order valence-corrected chi connectivity index (χ1v) is 6.58. The van der Waals surface area contributed by atoms with Crippen LogP contribution in [0.5, 0.6) is 0 Å². The maximum atomic E-state index is 4.85. The largest absolute Gasteiger partial charge is 0.327 e. The number of hydrogen-bond acceptors (Lipinski definition) is 1. The lowest BCUT2D eigenvalue weighted by Crippen LogP contribution is -1.95. The van der Waals surface area contributed by atoms with Gasteiger partial charge in [-0.25, -0.2) is 4.98 Å². The molecule has 2 aromatic carbocycles. The first-order chi connectivity index (χ1) is 9.09. The highest BCUT2D eigenvalue weighted by Crippen LogP contribution is 2.28. The second kappa shape index (κ2) is 4.23. The van der Waals surface area contributed by atoms with E-state index >= 15 is 0 Å². The standard InChI is InChI=1S/C17H18N2/c1-11-7-5-9-14(13(11)3)17-18-16-12(2)8-6-10-15(16)19(17)4/h5-10H,1-4H3. The van der Waals surface area contributed by atoms with Crippen LogP contribution in [-0.4, -0.2) is 9.55 Å². The van der Waals surface area contributed by atoms with Crippen molar-refractivity contribution in [2.24, 2.45) is 7.05 Å². The Kier molecular flexibility index (Phi) is 2.67. The van der Waals surface area contributed by atoms with Gasteiger partial charge in [-0.2, -0.15) is 0 Å². The fraction of sp³-hybridized carbons (Fsp3) is 0.235. The number of hydrogen-bond donors (Lipinski definition) is 0. The fourth-order valence-electron chi connectivity index (χ4n) is 2.59. The molecule has 0 saturated carbocycles. The molecule has 0 amide bonds. The molecule has 19 heavy (non-hydrogen) atoms. The van der Waals surface area contributed by atoms with Gasteiger partial charge in [-0.15, -0.1) is 0 Å². The molecule has 0 bridgehead atoms. The number of aryl methyl sites for hydroxylation is 3. The summed E-state index contributed by atoms with van der Waals surface area (Å²) in [4.78, 5) is 4.85. The molecule has 0 aliphatic heterocycles. The highest BCUT2D eigenvalue weighted by Gasteiger charge is 2.13. The van der Waals surface area contributed by atoms with Gasteiger partial charge in [0.05, 0.1) is 11.0 Å². The molecule has 3 aromatic rings. The van der Waals surface area contributed by atoms with Crippen molar-refractivity contribution in [2.75, 3.05) is 0 Å². The summed E-state index contributed by atoms with van der Waals surface area (Å²) in [5.41, 5.74) is 7.35. The van der Waals surface area contributed by atoms with E-state index in [4.69, 9.17) is 4.98 Å². The maximum absolute atomic E-state index is 4.85. The molecule has 0 fully saturated rings. The summed E-state index contributed by atoms with van der Waals surface area (Å²) in [5.74, 6) is 1.05. The molecule has 0 spiro atoms.